The molecule has 0 aliphatic rings. The van der Waals surface area contributed by atoms with Gasteiger partial charge in [0, 0.05) is 6.54 Å². The Morgan fingerprint density at radius 2 is 2.27 bits per heavy atom. The maximum atomic E-state index is 5.18. The van der Waals surface area contributed by atoms with E-state index in [9.17, 15) is 0 Å². The summed E-state index contributed by atoms with van der Waals surface area (Å²) in [5.41, 5.74) is 0. The number of nitrogens with one attached hydrogen (secondary N) is 2. The Kier molecular flexibility index (Phi) is 5.18. The van der Waals surface area contributed by atoms with E-state index in [0.29, 0.717) is 17.6 Å². The van der Waals surface area contributed by atoms with E-state index >= 15 is 0 Å². The molecule has 0 bridgehead atoms. The second-order valence-corrected chi connectivity index (χ2v) is 4.28. The van der Waals surface area contributed by atoms with Gasteiger partial charge in [0.25, 0.3) is 0 Å². The largest absolute Gasteiger partial charge is 0.467 e. The molecule has 0 radical (unpaired) electrons. The Morgan fingerprint density at radius 1 is 1.47 bits per heavy atom. The quantitative estimate of drug-likeness (QED) is 0.755. The molecular formula is C11H18N2OS. The van der Waals surface area contributed by atoms with Crippen molar-refractivity contribution >= 4 is 17.3 Å². The first kappa shape index (κ1) is 12.0. The third kappa shape index (κ3) is 5.42. The summed E-state index contributed by atoms with van der Waals surface area (Å²) < 4.78 is 5.18. The molecule has 1 rings (SSSR count). The summed E-state index contributed by atoms with van der Waals surface area (Å²) in [6.07, 6.45) is 2.79. The maximum Gasteiger partial charge on any atom is 0.166 e. The zero-order chi connectivity index (χ0) is 11.1. The van der Waals surface area contributed by atoms with Gasteiger partial charge in [0.05, 0.1) is 12.8 Å². The molecule has 0 spiro atoms. The van der Waals surface area contributed by atoms with Crippen molar-refractivity contribution in [2.75, 3.05) is 6.54 Å². The Hall–Kier alpha value is -1.03. The molecule has 0 fully saturated rings. The van der Waals surface area contributed by atoms with E-state index in [-0.39, 0.29) is 0 Å². The van der Waals surface area contributed by atoms with Gasteiger partial charge in [-0.3, -0.25) is 0 Å². The molecule has 4 heteroatoms. The average Bonchev–Trinajstić information content (AvgIpc) is 2.66. The smallest absolute Gasteiger partial charge is 0.166 e. The Balaban J connectivity index is 2.09. The average molecular weight is 226 g/mol. The molecular weight excluding hydrogens is 208 g/mol. The lowest BCUT2D eigenvalue weighted by atomic mass is 10.1. The van der Waals surface area contributed by atoms with Gasteiger partial charge >= 0.3 is 0 Å². The van der Waals surface area contributed by atoms with E-state index in [1.165, 1.54) is 0 Å². The lowest BCUT2D eigenvalue weighted by Crippen LogP contribution is -2.35. The molecule has 0 unspecified atom stereocenters. The van der Waals surface area contributed by atoms with Crippen LogP contribution < -0.4 is 10.6 Å². The Labute approximate surface area is 96.2 Å². The molecule has 1 heterocycles. The molecule has 15 heavy (non-hydrogen) atoms. The molecule has 0 saturated heterocycles. The van der Waals surface area contributed by atoms with E-state index in [1.807, 2.05) is 12.1 Å². The fourth-order valence-electron chi connectivity index (χ4n) is 1.12. The van der Waals surface area contributed by atoms with E-state index in [2.05, 4.69) is 24.5 Å². The van der Waals surface area contributed by atoms with Gasteiger partial charge in [-0.25, -0.2) is 0 Å². The zero-order valence-corrected chi connectivity index (χ0v) is 10.1. The Morgan fingerprint density at radius 3 is 2.87 bits per heavy atom. The van der Waals surface area contributed by atoms with Crippen LogP contribution in [0.3, 0.4) is 0 Å². The van der Waals surface area contributed by atoms with Crippen LogP contribution in [0.5, 0.6) is 0 Å². The highest BCUT2D eigenvalue weighted by Gasteiger charge is 1.98. The van der Waals surface area contributed by atoms with Crippen LogP contribution in [0.4, 0.5) is 0 Å². The van der Waals surface area contributed by atoms with Crippen LogP contribution in [0.1, 0.15) is 26.0 Å². The van der Waals surface area contributed by atoms with Crippen molar-refractivity contribution in [1.29, 1.82) is 0 Å². The number of thiocarbonyl (C=S) groups is 1. The standard InChI is InChI=1S/C11H18N2OS/c1-9(2)5-6-12-11(15)13-8-10-4-3-7-14-10/h3-4,7,9H,5-6,8H2,1-2H3,(H2,12,13,15). The van der Waals surface area contributed by atoms with Crippen molar-refractivity contribution < 1.29 is 4.42 Å². The molecule has 1 aromatic rings. The van der Waals surface area contributed by atoms with E-state index in [0.717, 1.165) is 18.7 Å². The number of hydrogen-bond acceptors (Lipinski definition) is 2. The number of rotatable bonds is 5. The second-order valence-electron chi connectivity index (χ2n) is 3.87. The summed E-state index contributed by atoms with van der Waals surface area (Å²) in [5, 5.41) is 6.93. The highest BCUT2D eigenvalue weighted by Crippen LogP contribution is 1.98. The molecule has 1 aromatic heterocycles. The number of furan rings is 1. The fraction of sp³-hybridized carbons (Fsp3) is 0.545. The monoisotopic (exact) mass is 226 g/mol. The van der Waals surface area contributed by atoms with Crippen LogP contribution in [0.25, 0.3) is 0 Å². The van der Waals surface area contributed by atoms with E-state index in [4.69, 9.17) is 16.6 Å². The zero-order valence-electron chi connectivity index (χ0n) is 9.25. The summed E-state index contributed by atoms with van der Waals surface area (Å²) in [6.45, 7) is 5.95. The van der Waals surface area contributed by atoms with Crippen molar-refractivity contribution in [2.45, 2.75) is 26.8 Å². The first-order chi connectivity index (χ1) is 7.18. The molecule has 0 aliphatic carbocycles. The van der Waals surface area contributed by atoms with Gasteiger partial charge in [-0.2, -0.15) is 0 Å². The lowest BCUT2D eigenvalue weighted by Gasteiger charge is -2.10. The van der Waals surface area contributed by atoms with Gasteiger partial charge in [-0.1, -0.05) is 13.8 Å². The van der Waals surface area contributed by atoms with Gasteiger partial charge in [0.1, 0.15) is 5.76 Å². The van der Waals surface area contributed by atoms with Crippen LogP contribution in [-0.4, -0.2) is 11.7 Å². The van der Waals surface area contributed by atoms with Gasteiger partial charge in [0.15, 0.2) is 5.11 Å². The van der Waals surface area contributed by atoms with Gasteiger partial charge < -0.3 is 15.1 Å². The molecule has 0 aromatic carbocycles. The van der Waals surface area contributed by atoms with Crippen LogP contribution in [-0.2, 0) is 6.54 Å². The summed E-state index contributed by atoms with van der Waals surface area (Å²) in [5.74, 6) is 1.59. The molecule has 2 N–H and O–H groups in total. The Bertz CT molecular complexity index is 283. The van der Waals surface area contributed by atoms with Gasteiger partial charge in [0.2, 0.25) is 0 Å². The minimum Gasteiger partial charge on any atom is -0.467 e. The van der Waals surface area contributed by atoms with Crippen molar-refractivity contribution in [3.8, 4) is 0 Å². The van der Waals surface area contributed by atoms with E-state index in [1.54, 1.807) is 6.26 Å². The lowest BCUT2D eigenvalue weighted by molar-refractivity contribution is 0.501. The summed E-state index contributed by atoms with van der Waals surface area (Å²) >= 11 is 5.12. The predicted molar refractivity (Wildman–Crippen MR) is 65.6 cm³/mol. The van der Waals surface area contributed by atoms with Crippen LogP contribution >= 0.6 is 12.2 Å². The molecule has 0 atom stereocenters. The summed E-state index contributed by atoms with van der Waals surface area (Å²) in [4.78, 5) is 0. The minimum atomic E-state index is 0.639. The van der Waals surface area contributed by atoms with Gasteiger partial charge in [-0.15, -0.1) is 0 Å². The highest BCUT2D eigenvalue weighted by atomic mass is 32.1. The molecule has 0 aliphatic heterocycles. The van der Waals surface area contributed by atoms with Crippen LogP contribution in [0.15, 0.2) is 22.8 Å². The van der Waals surface area contributed by atoms with Crippen molar-refractivity contribution in [1.82, 2.24) is 10.6 Å². The normalized spacial score (nSPS) is 10.3. The van der Waals surface area contributed by atoms with E-state index < -0.39 is 0 Å². The third-order valence-electron chi connectivity index (χ3n) is 2.01. The van der Waals surface area contributed by atoms with Crippen molar-refractivity contribution in [2.24, 2.45) is 5.92 Å². The van der Waals surface area contributed by atoms with Crippen LogP contribution in [0, 0.1) is 5.92 Å². The van der Waals surface area contributed by atoms with Crippen molar-refractivity contribution in [3.05, 3.63) is 24.2 Å². The second kappa shape index (κ2) is 6.45. The highest BCUT2D eigenvalue weighted by molar-refractivity contribution is 7.80. The first-order valence-electron chi connectivity index (χ1n) is 5.22. The van der Waals surface area contributed by atoms with Crippen LogP contribution in [0.2, 0.25) is 0 Å². The SMILES string of the molecule is CC(C)CCNC(=S)NCc1ccco1. The topological polar surface area (TPSA) is 37.2 Å². The third-order valence-corrected chi connectivity index (χ3v) is 2.30. The fourth-order valence-corrected chi connectivity index (χ4v) is 1.29. The minimum absolute atomic E-state index is 0.639. The maximum absolute atomic E-state index is 5.18. The summed E-state index contributed by atoms with van der Waals surface area (Å²) in [7, 11) is 0. The molecule has 3 nitrogen and oxygen atoms in total. The van der Waals surface area contributed by atoms with Crippen molar-refractivity contribution in [3.63, 3.8) is 0 Å². The summed E-state index contributed by atoms with van der Waals surface area (Å²) in [6, 6.07) is 3.79. The van der Waals surface area contributed by atoms with Gasteiger partial charge in [-0.05, 0) is 36.7 Å². The predicted octanol–water partition coefficient (Wildman–Crippen LogP) is 2.29. The first-order valence-corrected chi connectivity index (χ1v) is 5.63. The molecule has 0 saturated carbocycles. The molecule has 84 valence electrons. The number of hydrogen-bond donors (Lipinski definition) is 2. The molecule has 0 amide bonds.